The van der Waals surface area contributed by atoms with Gasteiger partial charge in [0.05, 0.1) is 12.2 Å². The Balaban J connectivity index is 2.47. The molecule has 0 aliphatic rings. The van der Waals surface area contributed by atoms with Crippen molar-refractivity contribution >= 4 is 21.9 Å². The molecule has 0 atom stereocenters. The summed E-state index contributed by atoms with van der Waals surface area (Å²) in [6.07, 6.45) is 0. The molecule has 0 saturated heterocycles. The van der Waals surface area contributed by atoms with Gasteiger partial charge in [-0.2, -0.15) is 0 Å². The number of carbonyl (C=O) groups excluding carboxylic acids is 1. The second-order valence-corrected chi connectivity index (χ2v) is 5.09. The fourth-order valence-electron chi connectivity index (χ4n) is 2.01. The third kappa shape index (κ3) is 3.04. The molecular weight excluding hydrogens is 304 g/mol. The monoisotopic (exact) mass is 318 g/mol. The van der Waals surface area contributed by atoms with Crippen molar-refractivity contribution in [3.63, 3.8) is 0 Å². The molecule has 0 spiro atoms. The molecule has 2 aromatic rings. The summed E-state index contributed by atoms with van der Waals surface area (Å²) in [7, 11) is 0. The molecule has 0 unspecified atom stereocenters. The first kappa shape index (κ1) is 13.8. The molecule has 0 amide bonds. The van der Waals surface area contributed by atoms with Crippen LogP contribution in [0.5, 0.6) is 0 Å². The van der Waals surface area contributed by atoms with Gasteiger partial charge in [-0.15, -0.1) is 0 Å². The van der Waals surface area contributed by atoms with Gasteiger partial charge in [0.25, 0.3) is 0 Å². The van der Waals surface area contributed by atoms with Gasteiger partial charge in [-0.1, -0.05) is 40.2 Å². The third-order valence-corrected chi connectivity index (χ3v) is 3.55. The quantitative estimate of drug-likeness (QED) is 0.773. The molecule has 2 rings (SSSR count). The SMILES string of the molecule is CCOC(=O)c1cccc(-c2c(C)cccc2Br)c1. The van der Waals surface area contributed by atoms with Crippen LogP contribution in [0.25, 0.3) is 11.1 Å². The van der Waals surface area contributed by atoms with E-state index in [4.69, 9.17) is 4.74 Å². The smallest absolute Gasteiger partial charge is 0.338 e. The molecule has 0 N–H and O–H groups in total. The topological polar surface area (TPSA) is 26.3 Å². The zero-order chi connectivity index (χ0) is 13.8. The lowest BCUT2D eigenvalue weighted by atomic mass is 9.99. The van der Waals surface area contributed by atoms with Gasteiger partial charge in [0.15, 0.2) is 0 Å². The summed E-state index contributed by atoms with van der Waals surface area (Å²) < 4.78 is 6.05. The zero-order valence-corrected chi connectivity index (χ0v) is 12.5. The lowest BCUT2D eigenvalue weighted by Gasteiger charge is -2.10. The molecule has 0 bridgehead atoms. The Morgan fingerprint density at radius 1 is 1.21 bits per heavy atom. The van der Waals surface area contributed by atoms with Crippen molar-refractivity contribution in [1.82, 2.24) is 0 Å². The number of rotatable bonds is 3. The minimum Gasteiger partial charge on any atom is -0.462 e. The van der Waals surface area contributed by atoms with Crippen LogP contribution in [0, 0.1) is 6.92 Å². The minimum absolute atomic E-state index is 0.283. The molecule has 0 aliphatic carbocycles. The largest absolute Gasteiger partial charge is 0.462 e. The molecule has 19 heavy (non-hydrogen) atoms. The van der Waals surface area contributed by atoms with E-state index < -0.39 is 0 Å². The van der Waals surface area contributed by atoms with E-state index in [1.807, 2.05) is 30.3 Å². The molecule has 0 fully saturated rings. The predicted octanol–water partition coefficient (Wildman–Crippen LogP) is 4.60. The second-order valence-electron chi connectivity index (χ2n) is 4.23. The Bertz CT molecular complexity index is 585. The molecule has 98 valence electrons. The van der Waals surface area contributed by atoms with E-state index in [-0.39, 0.29) is 5.97 Å². The summed E-state index contributed by atoms with van der Waals surface area (Å²) in [6, 6.07) is 13.6. The maximum atomic E-state index is 11.8. The normalized spacial score (nSPS) is 10.3. The van der Waals surface area contributed by atoms with Gasteiger partial charge >= 0.3 is 5.97 Å². The number of esters is 1. The van der Waals surface area contributed by atoms with Crippen LogP contribution in [0.1, 0.15) is 22.8 Å². The number of hydrogen-bond donors (Lipinski definition) is 0. The van der Waals surface area contributed by atoms with Crippen LogP contribution in [0.2, 0.25) is 0 Å². The van der Waals surface area contributed by atoms with Crippen molar-refractivity contribution in [1.29, 1.82) is 0 Å². The highest BCUT2D eigenvalue weighted by Crippen LogP contribution is 2.31. The Morgan fingerprint density at radius 3 is 2.63 bits per heavy atom. The second kappa shape index (κ2) is 6.02. The van der Waals surface area contributed by atoms with Gasteiger partial charge in [0, 0.05) is 4.47 Å². The van der Waals surface area contributed by atoms with Gasteiger partial charge in [-0.25, -0.2) is 4.79 Å². The van der Waals surface area contributed by atoms with Gasteiger partial charge in [0.2, 0.25) is 0 Å². The highest BCUT2D eigenvalue weighted by atomic mass is 79.9. The fraction of sp³-hybridized carbons (Fsp3) is 0.188. The summed E-state index contributed by atoms with van der Waals surface area (Å²) >= 11 is 3.56. The number of ether oxygens (including phenoxy) is 1. The molecule has 3 heteroatoms. The summed E-state index contributed by atoms with van der Waals surface area (Å²) in [5, 5.41) is 0. The van der Waals surface area contributed by atoms with E-state index in [2.05, 4.69) is 28.9 Å². The lowest BCUT2D eigenvalue weighted by Crippen LogP contribution is -2.04. The van der Waals surface area contributed by atoms with Crippen LogP contribution < -0.4 is 0 Å². The van der Waals surface area contributed by atoms with Gasteiger partial charge in [-0.3, -0.25) is 0 Å². The van der Waals surface area contributed by atoms with Crippen molar-refractivity contribution < 1.29 is 9.53 Å². The first-order chi connectivity index (χ1) is 9.13. The summed E-state index contributed by atoms with van der Waals surface area (Å²) in [4.78, 5) is 11.8. The number of halogens is 1. The molecule has 0 radical (unpaired) electrons. The molecule has 2 aromatic carbocycles. The van der Waals surface area contributed by atoms with E-state index in [0.29, 0.717) is 12.2 Å². The Hall–Kier alpha value is -1.61. The average molecular weight is 319 g/mol. The zero-order valence-electron chi connectivity index (χ0n) is 10.9. The third-order valence-electron chi connectivity index (χ3n) is 2.88. The van der Waals surface area contributed by atoms with Crippen LogP contribution >= 0.6 is 15.9 Å². The molecule has 0 saturated carbocycles. The van der Waals surface area contributed by atoms with E-state index in [0.717, 1.165) is 21.2 Å². The van der Waals surface area contributed by atoms with Crippen LogP contribution in [-0.2, 0) is 4.74 Å². The summed E-state index contributed by atoms with van der Waals surface area (Å²) in [5.74, 6) is -0.283. The van der Waals surface area contributed by atoms with Gasteiger partial charge < -0.3 is 4.74 Å². The van der Waals surface area contributed by atoms with E-state index in [1.54, 1.807) is 13.0 Å². The first-order valence-electron chi connectivity index (χ1n) is 6.16. The van der Waals surface area contributed by atoms with Gasteiger partial charge in [-0.05, 0) is 48.7 Å². The van der Waals surface area contributed by atoms with Crippen LogP contribution in [0.4, 0.5) is 0 Å². The van der Waals surface area contributed by atoms with Crippen LogP contribution in [-0.4, -0.2) is 12.6 Å². The molecular formula is C16H15BrO2. The van der Waals surface area contributed by atoms with Crippen molar-refractivity contribution in [3.8, 4) is 11.1 Å². The van der Waals surface area contributed by atoms with Crippen LogP contribution in [0.3, 0.4) is 0 Å². The predicted molar refractivity (Wildman–Crippen MR) is 80.3 cm³/mol. The molecule has 0 aliphatic heterocycles. The standard InChI is InChI=1S/C16H15BrO2/c1-3-19-16(18)13-8-5-7-12(10-13)15-11(2)6-4-9-14(15)17/h4-10H,3H2,1-2H3. The molecule has 0 heterocycles. The number of carbonyl (C=O) groups is 1. The number of hydrogen-bond acceptors (Lipinski definition) is 2. The maximum absolute atomic E-state index is 11.8. The van der Waals surface area contributed by atoms with Crippen molar-refractivity contribution in [2.24, 2.45) is 0 Å². The number of aryl methyl sites for hydroxylation is 1. The highest BCUT2D eigenvalue weighted by molar-refractivity contribution is 9.10. The van der Waals surface area contributed by atoms with Crippen molar-refractivity contribution in [2.45, 2.75) is 13.8 Å². The summed E-state index contributed by atoms with van der Waals surface area (Å²) in [6.45, 7) is 4.24. The van der Waals surface area contributed by atoms with Crippen molar-refractivity contribution in [2.75, 3.05) is 6.61 Å². The molecule has 2 nitrogen and oxygen atoms in total. The van der Waals surface area contributed by atoms with E-state index in [1.165, 1.54) is 0 Å². The van der Waals surface area contributed by atoms with E-state index in [9.17, 15) is 4.79 Å². The average Bonchev–Trinajstić information content (AvgIpc) is 2.39. The Labute approximate surface area is 121 Å². The lowest BCUT2D eigenvalue weighted by molar-refractivity contribution is 0.0526. The van der Waals surface area contributed by atoms with E-state index >= 15 is 0 Å². The Morgan fingerprint density at radius 2 is 1.95 bits per heavy atom. The number of benzene rings is 2. The van der Waals surface area contributed by atoms with Gasteiger partial charge in [0.1, 0.15) is 0 Å². The Kier molecular flexibility index (Phi) is 4.38. The molecule has 0 aromatic heterocycles. The summed E-state index contributed by atoms with van der Waals surface area (Å²) in [5.41, 5.74) is 3.86. The highest BCUT2D eigenvalue weighted by Gasteiger charge is 2.10. The van der Waals surface area contributed by atoms with Crippen LogP contribution in [0.15, 0.2) is 46.9 Å². The fourth-order valence-corrected chi connectivity index (χ4v) is 2.71. The van der Waals surface area contributed by atoms with Crippen molar-refractivity contribution in [3.05, 3.63) is 58.1 Å². The minimum atomic E-state index is -0.283. The first-order valence-corrected chi connectivity index (χ1v) is 6.95. The maximum Gasteiger partial charge on any atom is 0.338 e.